The molecule has 1 N–H and O–H groups in total. The van der Waals surface area contributed by atoms with Crippen molar-refractivity contribution in [3.63, 3.8) is 0 Å². The molecule has 3 heterocycles. The molecule has 0 bridgehead atoms. The van der Waals surface area contributed by atoms with E-state index in [-0.39, 0.29) is 24.8 Å². The Morgan fingerprint density at radius 2 is 1.93 bits per heavy atom. The normalized spacial score (nSPS) is 12.2. The summed E-state index contributed by atoms with van der Waals surface area (Å²) in [5.74, 6) is 1.28. The average Bonchev–Trinajstić information content (AvgIpc) is 3.22. The van der Waals surface area contributed by atoms with E-state index in [1.165, 1.54) is 6.07 Å². The topological polar surface area (TPSA) is 100 Å². The van der Waals surface area contributed by atoms with Crippen molar-refractivity contribution < 1.29 is 14.3 Å². The van der Waals surface area contributed by atoms with Gasteiger partial charge in [0, 0.05) is 23.5 Å². The van der Waals surface area contributed by atoms with Gasteiger partial charge in [-0.05, 0) is 38.1 Å². The number of amides is 1. The molecule has 27 heavy (non-hydrogen) atoms. The van der Waals surface area contributed by atoms with Crippen LogP contribution < -0.4 is 20.3 Å². The second-order valence-corrected chi connectivity index (χ2v) is 6.14. The molecule has 9 heteroatoms. The van der Waals surface area contributed by atoms with Crippen LogP contribution in [-0.4, -0.2) is 32.3 Å². The number of rotatable bonds is 4. The Bertz CT molecular complexity index is 1090. The molecule has 0 radical (unpaired) electrons. The Hall–Kier alpha value is -3.62. The lowest BCUT2D eigenvalue weighted by Crippen LogP contribution is -2.30. The number of benzene rings is 1. The fraction of sp³-hybridized carbons (Fsp3) is 0.222. The van der Waals surface area contributed by atoms with Crippen molar-refractivity contribution in [3.8, 4) is 17.3 Å². The van der Waals surface area contributed by atoms with Gasteiger partial charge in [0.05, 0.1) is 5.69 Å². The number of carbonyl (C=O) groups is 1. The van der Waals surface area contributed by atoms with Crippen molar-refractivity contribution in [1.82, 2.24) is 19.6 Å². The van der Waals surface area contributed by atoms with Crippen molar-refractivity contribution in [3.05, 3.63) is 58.1 Å². The summed E-state index contributed by atoms with van der Waals surface area (Å²) in [6.07, 6.45) is 0. The highest BCUT2D eigenvalue weighted by Gasteiger charge is 2.15. The average molecular weight is 367 g/mol. The van der Waals surface area contributed by atoms with Gasteiger partial charge in [0.15, 0.2) is 17.3 Å². The van der Waals surface area contributed by atoms with Gasteiger partial charge in [-0.3, -0.25) is 9.59 Å². The second kappa shape index (κ2) is 6.60. The van der Waals surface area contributed by atoms with Crippen LogP contribution in [0, 0.1) is 13.8 Å². The van der Waals surface area contributed by atoms with Crippen LogP contribution in [0.25, 0.3) is 5.82 Å². The molecule has 0 aliphatic carbocycles. The Balaban J connectivity index is 1.53. The Morgan fingerprint density at radius 1 is 1.11 bits per heavy atom. The van der Waals surface area contributed by atoms with Crippen LogP contribution >= 0.6 is 0 Å². The first-order chi connectivity index (χ1) is 13.0. The highest BCUT2D eigenvalue weighted by atomic mass is 16.7. The molecule has 138 valence electrons. The summed E-state index contributed by atoms with van der Waals surface area (Å²) in [5.41, 5.74) is 1.90. The molecular weight excluding hydrogens is 350 g/mol. The number of fused-ring (bicyclic) bond motifs is 1. The number of ether oxygens (including phenoxy) is 2. The first kappa shape index (κ1) is 16.8. The molecular formula is C18H17N5O4. The minimum Gasteiger partial charge on any atom is -0.454 e. The lowest BCUT2D eigenvalue weighted by molar-refractivity contribution is -0.117. The molecule has 4 rings (SSSR count). The highest BCUT2D eigenvalue weighted by molar-refractivity contribution is 5.90. The van der Waals surface area contributed by atoms with Gasteiger partial charge in [0.1, 0.15) is 6.54 Å². The molecule has 1 aromatic carbocycles. The van der Waals surface area contributed by atoms with Crippen LogP contribution in [0.1, 0.15) is 11.4 Å². The van der Waals surface area contributed by atoms with Crippen LogP contribution in [0.15, 0.2) is 41.2 Å². The fourth-order valence-corrected chi connectivity index (χ4v) is 2.84. The zero-order valence-electron chi connectivity index (χ0n) is 14.8. The summed E-state index contributed by atoms with van der Waals surface area (Å²) in [7, 11) is 0. The first-order valence-corrected chi connectivity index (χ1v) is 8.31. The van der Waals surface area contributed by atoms with E-state index in [4.69, 9.17) is 9.47 Å². The predicted molar refractivity (Wildman–Crippen MR) is 96.3 cm³/mol. The summed E-state index contributed by atoms with van der Waals surface area (Å²) >= 11 is 0. The van der Waals surface area contributed by atoms with Crippen LogP contribution in [0.5, 0.6) is 11.5 Å². The monoisotopic (exact) mass is 367 g/mol. The fourth-order valence-electron chi connectivity index (χ4n) is 2.84. The largest absolute Gasteiger partial charge is 0.454 e. The molecule has 1 aliphatic heterocycles. The van der Waals surface area contributed by atoms with Crippen molar-refractivity contribution >= 4 is 11.6 Å². The van der Waals surface area contributed by atoms with Gasteiger partial charge in [-0.25, -0.2) is 9.36 Å². The quantitative estimate of drug-likeness (QED) is 0.748. The van der Waals surface area contributed by atoms with E-state index in [0.29, 0.717) is 23.0 Å². The third kappa shape index (κ3) is 3.39. The van der Waals surface area contributed by atoms with Gasteiger partial charge in [-0.15, -0.1) is 5.10 Å². The zero-order chi connectivity index (χ0) is 19.0. The van der Waals surface area contributed by atoms with E-state index in [1.807, 2.05) is 19.9 Å². The van der Waals surface area contributed by atoms with Crippen LogP contribution in [0.3, 0.4) is 0 Å². The summed E-state index contributed by atoms with van der Waals surface area (Å²) in [6.45, 7) is 3.70. The minimum atomic E-state index is -0.381. The predicted octanol–water partition coefficient (Wildman–Crippen LogP) is 1.41. The number of nitrogens with zero attached hydrogens (tertiary/aromatic N) is 4. The third-order valence-corrected chi connectivity index (χ3v) is 4.03. The van der Waals surface area contributed by atoms with Crippen LogP contribution in [0.2, 0.25) is 0 Å². The number of aryl methyl sites for hydroxylation is 2. The molecule has 0 fully saturated rings. The molecule has 0 atom stereocenters. The first-order valence-electron chi connectivity index (χ1n) is 8.31. The lowest BCUT2D eigenvalue weighted by atomic mass is 10.3. The molecule has 1 aliphatic rings. The second-order valence-electron chi connectivity index (χ2n) is 6.14. The van der Waals surface area contributed by atoms with Gasteiger partial charge in [0.25, 0.3) is 5.56 Å². The minimum absolute atomic E-state index is 0.158. The van der Waals surface area contributed by atoms with Crippen LogP contribution in [0.4, 0.5) is 5.69 Å². The van der Waals surface area contributed by atoms with Gasteiger partial charge in [0.2, 0.25) is 12.7 Å². The Morgan fingerprint density at radius 3 is 2.70 bits per heavy atom. The van der Waals surface area contributed by atoms with Gasteiger partial charge >= 0.3 is 0 Å². The number of hydrogen-bond donors (Lipinski definition) is 1. The van der Waals surface area contributed by atoms with Crippen molar-refractivity contribution in [2.75, 3.05) is 12.1 Å². The summed E-state index contributed by atoms with van der Waals surface area (Å²) in [6, 6.07) is 9.94. The standard InChI is InChI=1S/C18H17N5O4/c1-11-7-12(2)23(20-11)16-5-6-18(25)22(21-16)9-17(24)19-13-3-4-14-15(8-13)27-10-26-14/h3-8H,9-10H2,1-2H3,(H,19,24). The molecule has 2 aromatic heterocycles. The van der Waals surface area contributed by atoms with E-state index in [1.54, 1.807) is 28.9 Å². The maximum atomic E-state index is 12.3. The molecule has 0 spiro atoms. The maximum absolute atomic E-state index is 12.3. The number of carbonyl (C=O) groups excluding carboxylic acids is 1. The van der Waals surface area contributed by atoms with E-state index < -0.39 is 0 Å². The number of anilines is 1. The number of hydrogen-bond acceptors (Lipinski definition) is 6. The van der Waals surface area contributed by atoms with Crippen molar-refractivity contribution in [2.45, 2.75) is 20.4 Å². The van der Waals surface area contributed by atoms with Gasteiger partial charge < -0.3 is 14.8 Å². The molecule has 0 saturated heterocycles. The van der Waals surface area contributed by atoms with E-state index in [2.05, 4.69) is 15.5 Å². The van der Waals surface area contributed by atoms with Crippen molar-refractivity contribution in [1.29, 1.82) is 0 Å². The summed E-state index contributed by atoms with van der Waals surface area (Å²) in [5, 5.41) is 11.3. The molecule has 1 amide bonds. The van der Waals surface area contributed by atoms with Gasteiger partial charge in [-0.2, -0.15) is 5.10 Å². The smallest absolute Gasteiger partial charge is 0.267 e. The number of aromatic nitrogens is 4. The van der Waals surface area contributed by atoms with E-state index in [9.17, 15) is 9.59 Å². The molecule has 3 aromatic rings. The number of nitrogens with one attached hydrogen (secondary N) is 1. The van der Waals surface area contributed by atoms with Crippen LogP contribution in [-0.2, 0) is 11.3 Å². The summed E-state index contributed by atoms with van der Waals surface area (Å²) in [4.78, 5) is 24.4. The maximum Gasteiger partial charge on any atom is 0.267 e. The highest BCUT2D eigenvalue weighted by Crippen LogP contribution is 2.34. The van der Waals surface area contributed by atoms with E-state index >= 15 is 0 Å². The molecule has 0 unspecified atom stereocenters. The van der Waals surface area contributed by atoms with Gasteiger partial charge in [-0.1, -0.05) is 0 Å². The summed E-state index contributed by atoms with van der Waals surface area (Å²) < 4.78 is 13.3. The van der Waals surface area contributed by atoms with E-state index in [0.717, 1.165) is 16.1 Å². The SMILES string of the molecule is Cc1cc(C)n(-c2ccc(=O)n(CC(=O)Nc3ccc4c(c3)OCO4)n2)n1. The Labute approximate surface area is 154 Å². The molecule has 0 saturated carbocycles. The third-order valence-electron chi connectivity index (χ3n) is 4.03. The molecule has 9 nitrogen and oxygen atoms in total. The zero-order valence-corrected chi connectivity index (χ0v) is 14.8. The Kier molecular flexibility index (Phi) is 4.11. The van der Waals surface area contributed by atoms with Crippen molar-refractivity contribution in [2.24, 2.45) is 0 Å². The lowest BCUT2D eigenvalue weighted by Gasteiger charge is -2.09.